The van der Waals surface area contributed by atoms with Crippen molar-refractivity contribution in [2.45, 2.75) is 26.4 Å². The molecule has 0 saturated heterocycles. The second-order valence-corrected chi connectivity index (χ2v) is 2.38. The van der Waals surface area contributed by atoms with Crippen LogP contribution < -0.4 is 12.4 Å². The van der Waals surface area contributed by atoms with E-state index < -0.39 is 0 Å². The van der Waals surface area contributed by atoms with Gasteiger partial charge in [0.05, 0.1) is 0 Å². The predicted octanol–water partition coefficient (Wildman–Crippen LogP) is -1.73. The fraction of sp³-hybridized carbons (Fsp3) is 1.00. The molecule has 0 aliphatic carbocycles. The van der Waals surface area contributed by atoms with Crippen molar-refractivity contribution in [3.8, 4) is 0 Å². The largest absolute Gasteiger partial charge is 1.00 e. The molecule has 0 unspecified atom stereocenters. The quantitative estimate of drug-likeness (QED) is 0.390. The zero-order chi connectivity index (χ0) is 5.21. The maximum atomic E-state index is 4.56. The first-order valence-corrected chi connectivity index (χ1v) is 2.24. The molecular weight excluding hydrogens is 158 g/mol. The molecule has 0 spiro atoms. The van der Waals surface area contributed by atoms with Crippen molar-refractivity contribution < 1.29 is 32.1 Å². The van der Waals surface area contributed by atoms with E-state index in [0.717, 1.165) is 0 Å². The van der Waals surface area contributed by atoms with Crippen LogP contribution in [-0.4, -0.2) is 5.60 Å². The number of rotatable bonds is 0. The molecule has 0 aromatic rings. The molecule has 0 fully saturated rings. The van der Waals surface area contributed by atoms with Crippen molar-refractivity contribution in [3.05, 3.63) is 0 Å². The van der Waals surface area contributed by atoms with E-state index in [1.54, 1.807) is 0 Å². The van der Waals surface area contributed by atoms with Crippen LogP contribution in [0.15, 0.2) is 0 Å². The molecule has 48 valence electrons. The smallest absolute Gasteiger partial charge is 1.00 e. The average Bonchev–Trinajstić information content (AvgIpc) is 1.35. The second-order valence-electron chi connectivity index (χ2n) is 2.18. The van der Waals surface area contributed by atoms with Gasteiger partial charge in [0.15, 0.2) is 0 Å². The van der Waals surface area contributed by atoms with Gasteiger partial charge in [-0.05, 0) is 0 Å². The maximum absolute atomic E-state index is 4.56. The molecule has 0 aromatic carbocycles. The van der Waals surface area contributed by atoms with E-state index in [4.69, 9.17) is 0 Å². The van der Waals surface area contributed by atoms with Gasteiger partial charge in [-0.2, -0.15) is 0 Å². The Kier molecular flexibility index (Phi) is 5.66. The summed E-state index contributed by atoms with van der Waals surface area (Å²) in [7, 11) is 0. The molecular formula is C4H9ClNiO. The van der Waals surface area contributed by atoms with Crippen LogP contribution in [0.2, 0.25) is 0 Å². The van der Waals surface area contributed by atoms with Gasteiger partial charge >= 0.3 is 46.0 Å². The standard InChI is InChI=1S/C4H9O.ClH.Ni/c1-4(2,3)5;;/h1-3H3;1H;/q-1;;+2/p-1. The maximum Gasteiger partial charge on any atom is -1.00 e. The van der Waals surface area contributed by atoms with E-state index in [-0.39, 0.29) is 18.0 Å². The minimum absolute atomic E-state index is 0. The van der Waals surface area contributed by atoms with Gasteiger partial charge in [-0.1, -0.05) is 0 Å². The Morgan fingerprint density at radius 2 is 1.43 bits per heavy atom. The molecule has 0 amide bonds. The van der Waals surface area contributed by atoms with Gasteiger partial charge in [0.1, 0.15) is 0 Å². The summed E-state index contributed by atoms with van der Waals surface area (Å²) in [5.41, 5.74) is -0.125. The van der Waals surface area contributed by atoms with Crippen LogP contribution in [0.1, 0.15) is 20.8 Å². The van der Waals surface area contributed by atoms with Crippen LogP contribution in [0.3, 0.4) is 0 Å². The van der Waals surface area contributed by atoms with Crippen LogP contribution in [0.4, 0.5) is 0 Å². The van der Waals surface area contributed by atoms with Gasteiger partial charge in [0.25, 0.3) is 0 Å². The Bertz CT molecular complexity index is 41.4. The third kappa shape index (κ3) is 10.8. The summed E-state index contributed by atoms with van der Waals surface area (Å²) >= 11 is 4.03. The molecule has 7 heavy (non-hydrogen) atoms. The molecule has 0 aromatic heterocycles. The molecule has 0 heterocycles. The van der Waals surface area contributed by atoms with Crippen LogP contribution in [-0.2, 0) is 19.7 Å². The molecule has 3 heteroatoms. The van der Waals surface area contributed by atoms with Crippen molar-refractivity contribution in [3.63, 3.8) is 0 Å². The normalized spacial score (nSPS) is 10.4. The first-order chi connectivity index (χ1) is 2.56. The zero-order valence-electron chi connectivity index (χ0n) is 4.60. The minimum Gasteiger partial charge on any atom is -1.00 e. The fourth-order valence-electron chi connectivity index (χ4n) is 0. The van der Waals surface area contributed by atoms with Gasteiger partial charge in [-0.15, -0.1) is 0 Å². The third-order valence-corrected chi connectivity index (χ3v) is 0.798. The molecule has 0 bridgehead atoms. The van der Waals surface area contributed by atoms with Crippen molar-refractivity contribution in [2.24, 2.45) is 0 Å². The SMILES string of the molecule is CC(C)(C)[O][Ni+].[Cl-]. The Morgan fingerprint density at radius 3 is 1.43 bits per heavy atom. The summed E-state index contributed by atoms with van der Waals surface area (Å²) in [6.07, 6.45) is 0. The molecule has 0 aliphatic heterocycles. The van der Waals surface area contributed by atoms with Crippen molar-refractivity contribution in [2.75, 3.05) is 0 Å². The summed E-state index contributed by atoms with van der Waals surface area (Å²) in [5.74, 6) is 0. The summed E-state index contributed by atoms with van der Waals surface area (Å²) in [6, 6.07) is 0. The Morgan fingerprint density at radius 1 is 1.29 bits per heavy atom. The van der Waals surface area contributed by atoms with E-state index in [0.29, 0.717) is 0 Å². The van der Waals surface area contributed by atoms with Gasteiger partial charge in [0.2, 0.25) is 0 Å². The summed E-state index contributed by atoms with van der Waals surface area (Å²) in [4.78, 5) is 0. The van der Waals surface area contributed by atoms with E-state index in [9.17, 15) is 0 Å². The fourth-order valence-corrected chi connectivity index (χ4v) is 0. The van der Waals surface area contributed by atoms with Gasteiger partial charge < -0.3 is 12.4 Å². The summed E-state index contributed by atoms with van der Waals surface area (Å²) in [5, 5.41) is 0. The number of hydrogen-bond donors (Lipinski definition) is 0. The van der Waals surface area contributed by atoms with E-state index in [2.05, 4.69) is 19.7 Å². The van der Waals surface area contributed by atoms with Crippen LogP contribution in [0.25, 0.3) is 0 Å². The van der Waals surface area contributed by atoms with Gasteiger partial charge in [-0.3, -0.25) is 0 Å². The van der Waals surface area contributed by atoms with E-state index in [1.165, 1.54) is 0 Å². The molecule has 1 nitrogen and oxygen atoms in total. The third-order valence-electron chi connectivity index (χ3n) is 0.194. The molecule has 0 aliphatic rings. The predicted molar refractivity (Wildman–Crippen MR) is 20.8 cm³/mol. The minimum atomic E-state index is -0.125. The topological polar surface area (TPSA) is 9.23 Å². The molecule has 0 N–H and O–H groups in total. The molecule has 0 rings (SSSR count). The first-order valence-electron chi connectivity index (χ1n) is 1.83. The zero-order valence-corrected chi connectivity index (χ0v) is 6.35. The van der Waals surface area contributed by atoms with Crippen molar-refractivity contribution >= 4 is 0 Å². The number of hydrogen-bond acceptors (Lipinski definition) is 1. The molecule has 0 atom stereocenters. The van der Waals surface area contributed by atoms with Crippen LogP contribution in [0, 0.1) is 0 Å². The number of halogens is 1. The van der Waals surface area contributed by atoms with Crippen molar-refractivity contribution in [1.29, 1.82) is 0 Å². The van der Waals surface area contributed by atoms with Crippen LogP contribution >= 0.6 is 0 Å². The first kappa shape index (κ1) is 10.7. The van der Waals surface area contributed by atoms with Gasteiger partial charge in [0, 0.05) is 0 Å². The van der Waals surface area contributed by atoms with E-state index in [1.807, 2.05) is 20.8 Å². The van der Waals surface area contributed by atoms with Crippen molar-refractivity contribution in [1.82, 2.24) is 0 Å². The van der Waals surface area contributed by atoms with Gasteiger partial charge in [-0.25, -0.2) is 0 Å². The Balaban J connectivity index is 0. The van der Waals surface area contributed by atoms with Crippen LogP contribution in [0.5, 0.6) is 0 Å². The Hall–Kier alpha value is 0.744. The summed E-state index contributed by atoms with van der Waals surface area (Å²) < 4.78 is 4.56. The molecule has 0 radical (unpaired) electrons. The average molecular weight is 167 g/mol. The van der Waals surface area contributed by atoms with E-state index >= 15 is 0 Å². The molecule has 0 saturated carbocycles. The monoisotopic (exact) mass is 166 g/mol. The Labute approximate surface area is 58.9 Å². The summed E-state index contributed by atoms with van der Waals surface area (Å²) in [6.45, 7) is 5.78. The second kappa shape index (κ2) is 3.71.